The van der Waals surface area contributed by atoms with Crippen LogP contribution in [0.15, 0.2) is 53.7 Å². The summed E-state index contributed by atoms with van der Waals surface area (Å²) in [6, 6.07) is 14.9. The lowest BCUT2D eigenvalue weighted by molar-refractivity contribution is -0.134. The molecule has 2 aromatic carbocycles. The molecule has 8 heteroatoms. The van der Waals surface area contributed by atoms with Crippen LogP contribution in [-0.2, 0) is 11.3 Å². The third kappa shape index (κ3) is 4.70. The Morgan fingerprint density at radius 2 is 2.00 bits per heavy atom. The molecule has 3 heterocycles. The molecule has 0 atom stereocenters. The minimum absolute atomic E-state index is 0.253. The minimum Gasteiger partial charge on any atom is -0.481 e. The summed E-state index contributed by atoms with van der Waals surface area (Å²) in [5.41, 5.74) is 11.6. The summed E-state index contributed by atoms with van der Waals surface area (Å²) < 4.78 is 1.30. The number of benzene rings is 2. The second-order valence-corrected chi connectivity index (χ2v) is 8.24. The number of aromatic nitrogens is 2. The first-order chi connectivity index (χ1) is 14.9. The van der Waals surface area contributed by atoms with Crippen LogP contribution >= 0.6 is 11.3 Å². The molecule has 4 N–H and O–H groups in total. The number of thiophene rings is 1. The first-order valence-electron chi connectivity index (χ1n) is 9.61. The molecule has 0 saturated heterocycles. The van der Waals surface area contributed by atoms with E-state index in [-0.39, 0.29) is 5.95 Å². The first-order valence-corrected chi connectivity index (χ1v) is 10.4. The lowest BCUT2D eigenvalue weighted by Crippen LogP contribution is -2.00. The van der Waals surface area contributed by atoms with Crippen LogP contribution in [0.3, 0.4) is 0 Å². The number of aryl methyl sites for hydroxylation is 1. The molecule has 5 rings (SSSR count). The van der Waals surface area contributed by atoms with Gasteiger partial charge in [0.2, 0.25) is 5.95 Å². The summed E-state index contributed by atoms with van der Waals surface area (Å²) in [6.45, 7) is 3.93. The second-order valence-electron chi connectivity index (χ2n) is 7.16. The fourth-order valence-corrected chi connectivity index (χ4v) is 4.49. The van der Waals surface area contributed by atoms with Crippen molar-refractivity contribution in [2.45, 2.75) is 20.4 Å². The second kappa shape index (κ2) is 8.53. The Kier molecular flexibility index (Phi) is 5.64. The maximum absolute atomic E-state index is 9.00. The number of hydrogen-bond acceptors (Lipinski definition) is 7. The number of aliphatic imine (C=N–C) groups is 1. The maximum Gasteiger partial charge on any atom is 0.300 e. The number of aliphatic carboxylic acids is 1. The van der Waals surface area contributed by atoms with E-state index in [1.54, 1.807) is 12.3 Å². The van der Waals surface area contributed by atoms with E-state index in [0.29, 0.717) is 5.82 Å². The predicted molar refractivity (Wildman–Crippen MR) is 126 cm³/mol. The van der Waals surface area contributed by atoms with E-state index in [2.05, 4.69) is 63.6 Å². The van der Waals surface area contributed by atoms with E-state index in [1.165, 1.54) is 31.7 Å². The maximum atomic E-state index is 9.00. The van der Waals surface area contributed by atoms with Crippen molar-refractivity contribution in [1.82, 2.24) is 9.97 Å². The number of nitrogens with two attached hydrogens (primary N) is 1. The van der Waals surface area contributed by atoms with Gasteiger partial charge in [-0.2, -0.15) is 4.98 Å². The monoisotopic (exact) mass is 431 g/mol. The number of nitrogen functional groups attached to an aromatic ring is 1. The zero-order chi connectivity index (χ0) is 22.0. The molecule has 0 bridgehead atoms. The van der Waals surface area contributed by atoms with Gasteiger partial charge in [-0.1, -0.05) is 17.7 Å². The van der Waals surface area contributed by atoms with Gasteiger partial charge in [0.15, 0.2) is 0 Å². The Bertz CT molecular complexity index is 1310. The van der Waals surface area contributed by atoms with Gasteiger partial charge in [0.1, 0.15) is 5.82 Å². The molecule has 156 valence electrons. The highest BCUT2D eigenvalue weighted by molar-refractivity contribution is 7.22. The van der Waals surface area contributed by atoms with Gasteiger partial charge < -0.3 is 16.2 Å². The Morgan fingerprint density at radius 3 is 2.77 bits per heavy atom. The van der Waals surface area contributed by atoms with E-state index in [4.69, 9.17) is 15.6 Å². The lowest BCUT2D eigenvalue weighted by atomic mass is 10.00. The van der Waals surface area contributed by atoms with Crippen molar-refractivity contribution in [2.24, 2.45) is 4.99 Å². The number of anilines is 3. The van der Waals surface area contributed by atoms with Gasteiger partial charge in [-0.3, -0.25) is 9.79 Å². The Balaban J connectivity index is 0.000000535. The number of nitrogens with zero attached hydrogens (tertiary/aromatic N) is 3. The van der Waals surface area contributed by atoms with Crippen molar-refractivity contribution in [3.05, 3.63) is 65.4 Å². The zero-order valence-electron chi connectivity index (χ0n) is 17.1. The molecular formula is C23H21N5O2S. The Morgan fingerprint density at radius 1 is 1.19 bits per heavy atom. The van der Waals surface area contributed by atoms with Crippen molar-refractivity contribution >= 4 is 51.1 Å². The average Bonchev–Trinajstić information content (AvgIpc) is 3.33. The molecule has 7 nitrogen and oxygen atoms in total. The van der Waals surface area contributed by atoms with E-state index in [0.717, 1.165) is 24.7 Å². The van der Waals surface area contributed by atoms with E-state index < -0.39 is 5.97 Å². The van der Waals surface area contributed by atoms with Crippen LogP contribution in [-0.4, -0.2) is 27.3 Å². The molecule has 0 spiro atoms. The highest BCUT2D eigenvalue weighted by Gasteiger charge is 2.17. The van der Waals surface area contributed by atoms with Gasteiger partial charge >= 0.3 is 0 Å². The summed E-state index contributed by atoms with van der Waals surface area (Å²) >= 11 is 1.81. The molecule has 31 heavy (non-hydrogen) atoms. The van der Waals surface area contributed by atoms with Gasteiger partial charge in [0, 0.05) is 40.2 Å². The smallest absolute Gasteiger partial charge is 0.300 e. The number of rotatable bonds is 3. The van der Waals surface area contributed by atoms with E-state index in [1.807, 2.05) is 17.6 Å². The van der Waals surface area contributed by atoms with Crippen LogP contribution in [0.2, 0.25) is 0 Å². The van der Waals surface area contributed by atoms with Crippen LogP contribution in [0.5, 0.6) is 0 Å². The number of carboxylic acids is 1. The standard InChI is InChI=1S/C21H17N5S.C2H4O2/c1-12-2-3-18-13(6-12)8-19(27-18)16-9-15(7-14-10-23-11-17(14)16)25-20-4-5-24-21(22)26-20;1-2(3)4/h2-10H,11H2,1H3,(H3,22,24,25,26);1H3,(H,3,4). The highest BCUT2D eigenvalue weighted by Crippen LogP contribution is 2.39. The van der Waals surface area contributed by atoms with Crippen LogP contribution in [0.1, 0.15) is 23.6 Å². The van der Waals surface area contributed by atoms with Crippen molar-refractivity contribution in [1.29, 1.82) is 0 Å². The number of fused-ring (bicyclic) bond motifs is 2. The zero-order valence-corrected chi connectivity index (χ0v) is 17.9. The van der Waals surface area contributed by atoms with E-state index >= 15 is 0 Å². The Labute approximate surface area is 183 Å². The third-order valence-corrected chi connectivity index (χ3v) is 5.80. The van der Waals surface area contributed by atoms with Crippen LogP contribution in [0.25, 0.3) is 20.5 Å². The van der Waals surface area contributed by atoms with Crippen molar-refractivity contribution < 1.29 is 9.90 Å². The van der Waals surface area contributed by atoms with E-state index in [9.17, 15) is 0 Å². The molecule has 0 radical (unpaired) electrons. The minimum atomic E-state index is -0.833. The molecular weight excluding hydrogens is 410 g/mol. The van der Waals surface area contributed by atoms with Crippen LogP contribution < -0.4 is 11.1 Å². The largest absolute Gasteiger partial charge is 0.481 e. The van der Waals surface area contributed by atoms with Crippen molar-refractivity contribution in [2.75, 3.05) is 11.1 Å². The molecule has 0 unspecified atom stereocenters. The van der Waals surface area contributed by atoms with Gasteiger partial charge in [-0.15, -0.1) is 11.3 Å². The van der Waals surface area contributed by atoms with Crippen LogP contribution in [0, 0.1) is 6.92 Å². The summed E-state index contributed by atoms with van der Waals surface area (Å²) in [5.74, 6) is 0.0955. The molecule has 2 aromatic heterocycles. The molecule has 0 fully saturated rings. The SMILES string of the molecule is CC(=O)O.Cc1ccc2sc(-c3cc(Nc4ccnc(N)n4)cc4c3CN=C4)cc2c1. The van der Waals surface area contributed by atoms with Gasteiger partial charge in [0.25, 0.3) is 5.97 Å². The molecule has 1 aliphatic heterocycles. The molecule has 1 aliphatic rings. The van der Waals surface area contributed by atoms with Crippen molar-refractivity contribution in [3.63, 3.8) is 0 Å². The van der Waals surface area contributed by atoms with Gasteiger partial charge in [0.05, 0.1) is 6.54 Å². The quantitative estimate of drug-likeness (QED) is 0.420. The summed E-state index contributed by atoms with van der Waals surface area (Å²) in [5, 5.41) is 12.0. The highest BCUT2D eigenvalue weighted by atomic mass is 32.1. The number of nitrogens with one attached hydrogen (secondary N) is 1. The first kappa shape index (κ1) is 20.5. The molecule has 0 saturated carbocycles. The normalized spacial score (nSPS) is 11.7. The third-order valence-electron chi connectivity index (χ3n) is 4.65. The van der Waals surface area contributed by atoms with Gasteiger partial charge in [-0.25, -0.2) is 4.98 Å². The lowest BCUT2D eigenvalue weighted by Gasteiger charge is -2.11. The van der Waals surface area contributed by atoms with Gasteiger partial charge in [-0.05, 0) is 53.8 Å². The average molecular weight is 432 g/mol. The molecule has 4 aromatic rings. The summed E-state index contributed by atoms with van der Waals surface area (Å²) in [4.78, 5) is 22.9. The number of carbonyl (C=O) groups is 1. The number of hydrogen-bond donors (Lipinski definition) is 3. The van der Waals surface area contributed by atoms with Crippen LogP contribution in [0.4, 0.5) is 17.5 Å². The Hall–Kier alpha value is -3.78. The molecule has 0 aliphatic carbocycles. The topological polar surface area (TPSA) is 113 Å². The fraction of sp³-hybridized carbons (Fsp3) is 0.130. The summed E-state index contributed by atoms with van der Waals surface area (Å²) in [7, 11) is 0. The van der Waals surface area contributed by atoms with Crippen molar-refractivity contribution in [3.8, 4) is 10.4 Å². The number of carboxylic acid groups (broad SMARTS) is 1. The fourth-order valence-electron chi connectivity index (χ4n) is 3.40. The predicted octanol–water partition coefficient (Wildman–Crippen LogP) is 5.02. The summed E-state index contributed by atoms with van der Waals surface area (Å²) in [6.07, 6.45) is 3.59. The molecule has 0 amide bonds.